The summed E-state index contributed by atoms with van der Waals surface area (Å²) in [5.74, 6) is -0.231. The van der Waals surface area contributed by atoms with Crippen molar-refractivity contribution in [3.05, 3.63) is 53.7 Å². The van der Waals surface area contributed by atoms with Gasteiger partial charge in [-0.05, 0) is 76.3 Å². The number of hydrogen-bond donors (Lipinski definition) is 3. The van der Waals surface area contributed by atoms with Crippen LogP contribution >= 0.6 is 0 Å². The highest BCUT2D eigenvalue weighted by Crippen LogP contribution is 2.24. The van der Waals surface area contributed by atoms with Crippen molar-refractivity contribution in [3.63, 3.8) is 0 Å². The highest BCUT2D eigenvalue weighted by atomic mass is 19.1. The number of carbonyl (C=O) groups is 1. The van der Waals surface area contributed by atoms with Gasteiger partial charge in [-0.3, -0.25) is 14.7 Å². The zero-order valence-electron chi connectivity index (χ0n) is 21.9. The molecular weight excluding hydrogens is 473 g/mol. The molecule has 1 saturated heterocycles. The fourth-order valence-corrected chi connectivity index (χ4v) is 4.34. The number of amides is 1. The van der Waals surface area contributed by atoms with Gasteiger partial charge in [-0.15, -0.1) is 5.10 Å². The zero-order chi connectivity index (χ0) is 26.5. The van der Waals surface area contributed by atoms with Crippen molar-refractivity contribution < 1.29 is 14.3 Å². The summed E-state index contributed by atoms with van der Waals surface area (Å²) in [6.45, 7) is 9.49. The molecule has 1 aliphatic heterocycles. The molecule has 1 amide bonds. The number of benzene rings is 1. The summed E-state index contributed by atoms with van der Waals surface area (Å²) in [6.07, 6.45) is 8.85. The van der Waals surface area contributed by atoms with E-state index >= 15 is 0 Å². The molecule has 1 aromatic carbocycles. The number of likely N-dealkylation sites (tertiary alicyclic amines) is 1. The van der Waals surface area contributed by atoms with Crippen LogP contribution < -0.4 is 10.6 Å². The average Bonchev–Trinajstić information content (AvgIpc) is 3.55. The summed E-state index contributed by atoms with van der Waals surface area (Å²) in [5.41, 5.74) is 4.47. The van der Waals surface area contributed by atoms with Crippen molar-refractivity contribution in [2.45, 2.75) is 71.2 Å². The highest BCUT2D eigenvalue weighted by Gasteiger charge is 2.28. The first kappa shape index (κ1) is 26.7. The molecule has 37 heavy (non-hydrogen) atoms. The number of anilines is 1. The Morgan fingerprint density at radius 3 is 2.57 bits per heavy atom. The summed E-state index contributed by atoms with van der Waals surface area (Å²) in [5, 5.41) is 25.1. The Hall–Kier alpha value is -3.37. The van der Waals surface area contributed by atoms with Gasteiger partial charge in [0, 0.05) is 43.1 Å². The standard InChI is InChI=1S/C23H29FN6O.C4H7NO/c1-14(2)29-6-5-20(23(31)13-29)26-18-9-17(10-25-11-18)21-12-30(28-27-21)22-8-15(3)19(24)7-16(22)4;6-3-5-4-1-2-4/h7-12,14,20,23,26,31H,5-6,13H2,1-4H3;3-4H,1-2H2,(H,5,6). The number of rotatable bonds is 7. The Morgan fingerprint density at radius 2 is 1.92 bits per heavy atom. The topological polar surface area (TPSA) is 108 Å². The second-order valence-electron chi connectivity index (χ2n) is 10.2. The molecule has 2 aromatic heterocycles. The molecule has 3 aromatic rings. The predicted molar refractivity (Wildman–Crippen MR) is 141 cm³/mol. The maximum Gasteiger partial charge on any atom is 0.207 e. The molecular formula is C27H36FN7O2. The molecule has 9 nitrogen and oxygen atoms in total. The first-order chi connectivity index (χ1) is 17.7. The van der Waals surface area contributed by atoms with Crippen LogP contribution in [0, 0.1) is 19.7 Å². The third-order valence-corrected chi connectivity index (χ3v) is 6.83. The molecule has 2 fully saturated rings. The number of aliphatic hydroxyl groups is 1. The van der Waals surface area contributed by atoms with Gasteiger partial charge in [0.1, 0.15) is 11.5 Å². The molecule has 1 aliphatic carbocycles. The minimum Gasteiger partial charge on any atom is -0.390 e. The van der Waals surface area contributed by atoms with E-state index in [0.29, 0.717) is 29.9 Å². The van der Waals surface area contributed by atoms with Crippen LogP contribution in [0.2, 0.25) is 0 Å². The average molecular weight is 510 g/mol. The smallest absolute Gasteiger partial charge is 0.207 e. The van der Waals surface area contributed by atoms with Crippen molar-refractivity contribution in [3.8, 4) is 16.9 Å². The predicted octanol–water partition coefficient (Wildman–Crippen LogP) is 3.24. The van der Waals surface area contributed by atoms with Crippen LogP contribution in [0.3, 0.4) is 0 Å². The van der Waals surface area contributed by atoms with Crippen LogP contribution in [0.1, 0.15) is 44.2 Å². The minimum absolute atomic E-state index is 0.0208. The van der Waals surface area contributed by atoms with E-state index in [0.717, 1.165) is 41.9 Å². The van der Waals surface area contributed by atoms with Gasteiger partial charge in [0.2, 0.25) is 6.41 Å². The third-order valence-electron chi connectivity index (χ3n) is 6.83. The number of piperidine rings is 1. The fraction of sp³-hybridized carbons (Fsp3) is 0.481. The van der Waals surface area contributed by atoms with Crippen LogP contribution in [0.25, 0.3) is 16.9 Å². The number of pyridine rings is 1. The van der Waals surface area contributed by atoms with E-state index in [4.69, 9.17) is 0 Å². The molecule has 198 valence electrons. The normalized spacial score (nSPS) is 19.8. The third kappa shape index (κ3) is 6.90. The number of hydrogen-bond acceptors (Lipinski definition) is 7. The summed E-state index contributed by atoms with van der Waals surface area (Å²) in [6, 6.07) is 6.18. The molecule has 2 atom stereocenters. The van der Waals surface area contributed by atoms with Crippen LogP contribution in [-0.2, 0) is 4.79 Å². The van der Waals surface area contributed by atoms with Gasteiger partial charge >= 0.3 is 0 Å². The van der Waals surface area contributed by atoms with E-state index in [1.165, 1.54) is 18.9 Å². The summed E-state index contributed by atoms with van der Waals surface area (Å²) in [7, 11) is 0. The van der Waals surface area contributed by atoms with Crippen molar-refractivity contribution in [1.29, 1.82) is 0 Å². The van der Waals surface area contributed by atoms with E-state index in [9.17, 15) is 14.3 Å². The lowest BCUT2D eigenvalue weighted by Crippen LogP contribution is -2.51. The number of aryl methyl sites for hydroxylation is 2. The quantitative estimate of drug-likeness (QED) is 0.420. The van der Waals surface area contributed by atoms with Crippen LogP contribution in [0.5, 0.6) is 0 Å². The molecule has 0 bridgehead atoms. The van der Waals surface area contributed by atoms with E-state index in [1.54, 1.807) is 30.1 Å². The summed E-state index contributed by atoms with van der Waals surface area (Å²) < 4.78 is 15.4. The lowest BCUT2D eigenvalue weighted by atomic mass is 10.0. The number of aliphatic hydroxyl groups excluding tert-OH is 1. The number of nitrogens with zero attached hydrogens (tertiary/aromatic N) is 5. The molecule has 2 unspecified atom stereocenters. The molecule has 10 heteroatoms. The van der Waals surface area contributed by atoms with E-state index in [-0.39, 0.29) is 11.9 Å². The van der Waals surface area contributed by atoms with Gasteiger partial charge < -0.3 is 15.7 Å². The Morgan fingerprint density at radius 1 is 1.14 bits per heavy atom. The van der Waals surface area contributed by atoms with Gasteiger partial charge in [0.05, 0.1) is 29.7 Å². The minimum atomic E-state index is -0.439. The summed E-state index contributed by atoms with van der Waals surface area (Å²) >= 11 is 0. The Kier molecular flexibility index (Phi) is 8.50. The van der Waals surface area contributed by atoms with Crippen molar-refractivity contribution in [1.82, 2.24) is 30.2 Å². The molecule has 5 rings (SSSR count). The molecule has 1 saturated carbocycles. The van der Waals surface area contributed by atoms with Crippen LogP contribution in [-0.4, -0.2) is 73.7 Å². The lowest BCUT2D eigenvalue weighted by molar-refractivity contribution is -0.109. The van der Waals surface area contributed by atoms with Crippen molar-refractivity contribution in [2.24, 2.45) is 0 Å². The molecule has 0 radical (unpaired) electrons. The van der Waals surface area contributed by atoms with E-state index in [1.807, 2.05) is 19.2 Å². The van der Waals surface area contributed by atoms with Crippen LogP contribution in [0.4, 0.5) is 10.1 Å². The van der Waals surface area contributed by atoms with Crippen LogP contribution in [0.15, 0.2) is 36.8 Å². The maximum absolute atomic E-state index is 13.8. The Labute approximate surface area is 217 Å². The highest BCUT2D eigenvalue weighted by molar-refractivity contribution is 5.63. The number of β-amino-alcohol motifs (C(OH)–C–C–N with tert-alkyl or cyclic N) is 1. The molecule has 3 N–H and O–H groups in total. The van der Waals surface area contributed by atoms with Gasteiger partial charge in [0.25, 0.3) is 0 Å². The molecule has 0 spiro atoms. The second-order valence-corrected chi connectivity index (χ2v) is 10.2. The number of nitrogens with one attached hydrogen (secondary N) is 2. The first-order valence-electron chi connectivity index (χ1n) is 12.8. The number of aromatic nitrogens is 4. The van der Waals surface area contributed by atoms with E-state index < -0.39 is 6.10 Å². The second kappa shape index (κ2) is 11.8. The largest absolute Gasteiger partial charge is 0.390 e. The first-order valence-corrected chi connectivity index (χ1v) is 12.8. The van der Waals surface area contributed by atoms with Gasteiger partial charge in [0.15, 0.2) is 0 Å². The fourth-order valence-electron chi connectivity index (χ4n) is 4.34. The number of carbonyl (C=O) groups excluding carboxylic acids is 1. The van der Waals surface area contributed by atoms with Crippen molar-refractivity contribution >= 4 is 12.1 Å². The van der Waals surface area contributed by atoms with Gasteiger partial charge in [-0.25, -0.2) is 9.07 Å². The van der Waals surface area contributed by atoms with Crippen molar-refractivity contribution in [2.75, 3.05) is 18.4 Å². The van der Waals surface area contributed by atoms with Gasteiger partial charge in [-0.2, -0.15) is 0 Å². The monoisotopic (exact) mass is 509 g/mol. The SMILES string of the molecule is Cc1cc(-n2cc(-c3cncc(NC4CCN(C(C)C)CC4O)c3)nn2)c(C)cc1F.O=CNC1CC1. The summed E-state index contributed by atoms with van der Waals surface area (Å²) in [4.78, 5) is 16.2. The zero-order valence-corrected chi connectivity index (χ0v) is 21.9. The van der Waals surface area contributed by atoms with E-state index in [2.05, 4.69) is 44.7 Å². The Bertz CT molecular complexity index is 1210. The Balaban J connectivity index is 0.000000469. The number of halogens is 1. The van der Waals surface area contributed by atoms with Gasteiger partial charge in [-0.1, -0.05) is 5.21 Å². The maximum atomic E-state index is 13.8. The lowest BCUT2D eigenvalue weighted by Gasteiger charge is -2.38. The molecule has 2 aliphatic rings. The molecule has 3 heterocycles.